The summed E-state index contributed by atoms with van der Waals surface area (Å²) in [6, 6.07) is 14.3. The van der Waals surface area contributed by atoms with Crippen molar-refractivity contribution in [1.29, 1.82) is 0 Å². The van der Waals surface area contributed by atoms with Gasteiger partial charge in [-0.15, -0.1) is 0 Å². The maximum absolute atomic E-state index is 9.62. The molecule has 0 spiro atoms. The van der Waals surface area contributed by atoms with E-state index in [1.807, 2.05) is 12.1 Å². The predicted molar refractivity (Wildman–Crippen MR) is 86.0 cm³/mol. The van der Waals surface area contributed by atoms with Crippen molar-refractivity contribution in [3.05, 3.63) is 59.2 Å². The fourth-order valence-electron chi connectivity index (χ4n) is 2.38. The average Bonchev–Trinajstić information content (AvgIpc) is 2.47. The Balaban J connectivity index is 1.91. The number of methoxy groups -OCH3 is 1. The van der Waals surface area contributed by atoms with Crippen molar-refractivity contribution >= 4 is 0 Å². The molecule has 2 N–H and O–H groups in total. The van der Waals surface area contributed by atoms with Crippen LogP contribution < -0.4 is 10.1 Å². The van der Waals surface area contributed by atoms with Gasteiger partial charge in [-0.05, 0) is 50.1 Å². The number of hydrogen-bond donors (Lipinski definition) is 2. The van der Waals surface area contributed by atoms with E-state index >= 15 is 0 Å². The number of phenolic OH excluding ortho intramolecular Hbond substituents is 1. The van der Waals surface area contributed by atoms with Crippen LogP contribution in [0.3, 0.4) is 0 Å². The lowest BCUT2D eigenvalue weighted by Crippen LogP contribution is -2.21. The average molecular weight is 285 g/mol. The topological polar surface area (TPSA) is 41.5 Å². The molecule has 0 fully saturated rings. The number of rotatable bonds is 6. The molecule has 0 aromatic heterocycles. The van der Waals surface area contributed by atoms with Crippen LogP contribution in [0, 0.1) is 6.92 Å². The van der Waals surface area contributed by atoms with Crippen LogP contribution in [-0.2, 0) is 6.42 Å². The fourth-order valence-corrected chi connectivity index (χ4v) is 2.38. The fraction of sp³-hybridized carbons (Fsp3) is 0.333. The lowest BCUT2D eigenvalue weighted by atomic mass is 10.1. The minimum Gasteiger partial charge on any atom is -0.504 e. The Bertz CT molecular complexity index is 596. The van der Waals surface area contributed by atoms with Crippen LogP contribution in [0.15, 0.2) is 42.5 Å². The third-order valence-corrected chi connectivity index (χ3v) is 3.65. The Kier molecular flexibility index (Phi) is 5.23. The highest BCUT2D eigenvalue weighted by Crippen LogP contribution is 2.28. The molecule has 21 heavy (non-hydrogen) atoms. The highest BCUT2D eigenvalue weighted by Gasteiger charge is 2.08. The first-order valence-electron chi connectivity index (χ1n) is 7.26. The van der Waals surface area contributed by atoms with Crippen molar-refractivity contribution in [3.63, 3.8) is 0 Å². The SMILES string of the molecule is COc1cc(C(C)NCCc2cccc(C)c2)ccc1O. The molecule has 0 aliphatic rings. The molecule has 0 amide bonds. The van der Waals surface area contributed by atoms with Gasteiger partial charge < -0.3 is 15.2 Å². The Morgan fingerprint density at radius 1 is 1.19 bits per heavy atom. The standard InChI is InChI=1S/C18H23NO2/c1-13-5-4-6-15(11-13)9-10-19-14(2)16-7-8-17(20)18(12-16)21-3/h4-8,11-12,14,19-20H,9-10H2,1-3H3. The molecule has 0 aliphatic heterocycles. The first kappa shape index (κ1) is 15.4. The quantitative estimate of drug-likeness (QED) is 0.852. The van der Waals surface area contributed by atoms with E-state index in [2.05, 4.69) is 43.4 Å². The van der Waals surface area contributed by atoms with E-state index in [4.69, 9.17) is 4.74 Å². The zero-order valence-corrected chi connectivity index (χ0v) is 12.9. The molecule has 0 radical (unpaired) electrons. The number of phenols is 1. The van der Waals surface area contributed by atoms with Crippen LogP contribution in [0.2, 0.25) is 0 Å². The van der Waals surface area contributed by atoms with E-state index in [-0.39, 0.29) is 11.8 Å². The van der Waals surface area contributed by atoms with Crippen LogP contribution in [0.1, 0.15) is 29.7 Å². The minimum absolute atomic E-state index is 0.174. The van der Waals surface area contributed by atoms with Gasteiger partial charge in [0.1, 0.15) is 0 Å². The summed E-state index contributed by atoms with van der Waals surface area (Å²) in [4.78, 5) is 0. The summed E-state index contributed by atoms with van der Waals surface area (Å²) in [5, 5.41) is 13.1. The molecule has 3 nitrogen and oxygen atoms in total. The van der Waals surface area contributed by atoms with Gasteiger partial charge in [-0.2, -0.15) is 0 Å². The third-order valence-electron chi connectivity index (χ3n) is 3.65. The van der Waals surface area contributed by atoms with Crippen LogP contribution >= 0.6 is 0 Å². The van der Waals surface area contributed by atoms with Gasteiger partial charge >= 0.3 is 0 Å². The van der Waals surface area contributed by atoms with E-state index < -0.39 is 0 Å². The van der Waals surface area contributed by atoms with Crippen LogP contribution in [-0.4, -0.2) is 18.8 Å². The lowest BCUT2D eigenvalue weighted by molar-refractivity contribution is 0.372. The van der Waals surface area contributed by atoms with Crippen molar-refractivity contribution in [1.82, 2.24) is 5.32 Å². The molecule has 1 atom stereocenters. The van der Waals surface area contributed by atoms with E-state index in [1.165, 1.54) is 11.1 Å². The summed E-state index contributed by atoms with van der Waals surface area (Å²) in [6.07, 6.45) is 1.00. The van der Waals surface area contributed by atoms with Crippen molar-refractivity contribution < 1.29 is 9.84 Å². The van der Waals surface area contributed by atoms with Gasteiger partial charge in [0.15, 0.2) is 11.5 Å². The highest BCUT2D eigenvalue weighted by atomic mass is 16.5. The first-order valence-corrected chi connectivity index (χ1v) is 7.26. The van der Waals surface area contributed by atoms with Crippen LogP contribution in [0.25, 0.3) is 0 Å². The van der Waals surface area contributed by atoms with E-state index in [9.17, 15) is 5.11 Å². The number of aromatic hydroxyl groups is 1. The van der Waals surface area contributed by atoms with Gasteiger partial charge in [-0.1, -0.05) is 35.9 Å². The number of ether oxygens (including phenoxy) is 1. The molecule has 2 rings (SSSR count). The zero-order chi connectivity index (χ0) is 15.2. The second-order valence-corrected chi connectivity index (χ2v) is 5.35. The number of aryl methyl sites for hydroxylation is 1. The second kappa shape index (κ2) is 7.14. The Morgan fingerprint density at radius 2 is 2.00 bits per heavy atom. The normalized spacial score (nSPS) is 12.1. The maximum Gasteiger partial charge on any atom is 0.160 e. The molecule has 2 aromatic carbocycles. The van der Waals surface area contributed by atoms with Crippen LogP contribution in [0.5, 0.6) is 11.5 Å². The second-order valence-electron chi connectivity index (χ2n) is 5.35. The smallest absolute Gasteiger partial charge is 0.160 e. The largest absolute Gasteiger partial charge is 0.504 e. The van der Waals surface area contributed by atoms with Crippen molar-refractivity contribution in [2.45, 2.75) is 26.3 Å². The van der Waals surface area contributed by atoms with Crippen molar-refractivity contribution in [3.8, 4) is 11.5 Å². The molecular weight excluding hydrogens is 262 g/mol. The Labute approximate surface area is 126 Å². The maximum atomic E-state index is 9.62. The van der Waals surface area contributed by atoms with Crippen molar-refractivity contribution in [2.75, 3.05) is 13.7 Å². The van der Waals surface area contributed by atoms with E-state index in [0.29, 0.717) is 5.75 Å². The molecule has 2 aromatic rings. The number of benzene rings is 2. The summed E-state index contributed by atoms with van der Waals surface area (Å²) in [5.74, 6) is 0.688. The number of hydrogen-bond acceptors (Lipinski definition) is 3. The van der Waals surface area contributed by atoms with Gasteiger partial charge in [0, 0.05) is 6.04 Å². The molecule has 1 unspecified atom stereocenters. The Morgan fingerprint density at radius 3 is 2.71 bits per heavy atom. The summed E-state index contributed by atoms with van der Waals surface area (Å²) >= 11 is 0. The minimum atomic E-state index is 0.174. The summed E-state index contributed by atoms with van der Waals surface area (Å²) in [7, 11) is 1.56. The van der Waals surface area contributed by atoms with Crippen LogP contribution in [0.4, 0.5) is 0 Å². The molecule has 3 heteroatoms. The highest BCUT2D eigenvalue weighted by molar-refractivity contribution is 5.42. The van der Waals surface area contributed by atoms with Gasteiger partial charge in [0.25, 0.3) is 0 Å². The molecule has 0 saturated carbocycles. The monoisotopic (exact) mass is 285 g/mol. The Hall–Kier alpha value is -2.00. The van der Waals surface area contributed by atoms with Crippen molar-refractivity contribution in [2.24, 2.45) is 0 Å². The molecule has 0 bridgehead atoms. The van der Waals surface area contributed by atoms with E-state index in [0.717, 1.165) is 18.5 Å². The molecule has 0 saturated heterocycles. The zero-order valence-electron chi connectivity index (χ0n) is 12.9. The molecular formula is C18H23NO2. The molecule has 112 valence electrons. The summed E-state index contributed by atoms with van der Waals surface area (Å²) in [6.45, 7) is 5.14. The van der Waals surface area contributed by atoms with Gasteiger partial charge in [0.2, 0.25) is 0 Å². The lowest BCUT2D eigenvalue weighted by Gasteiger charge is -2.16. The van der Waals surface area contributed by atoms with E-state index in [1.54, 1.807) is 13.2 Å². The summed E-state index contributed by atoms with van der Waals surface area (Å²) in [5.41, 5.74) is 3.75. The predicted octanol–water partition coefficient (Wildman–Crippen LogP) is 3.60. The molecule has 0 heterocycles. The first-order chi connectivity index (χ1) is 10.1. The number of nitrogens with one attached hydrogen (secondary N) is 1. The third kappa shape index (κ3) is 4.23. The van der Waals surface area contributed by atoms with Gasteiger partial charge in [-0.25, -0.2) is 0 Å². The van der Waals surface area contributed by atoms with Gasteiger partial charge in [0.05, 0.1) is 7.11 Å². The van der Waals surface area contributed by atoms with Gasteiger partial charge in [-0.3, -0.25) is 0 Å². The molecule has 0 aliphatic carbocycles. The summed E-state index contributed by atoms with van der Waals surface area (Å²) < 4.78 is 5.14.